The van der Waals surface area contributed by atoms with E-state index in [4.69, 9.17) is 0 Å². The lowest BCUT2D eigenvalue weighted by atomic mass is 10.2. The van der Waals surface area contributed by atoms with Crippen molar-refractivity contribution in [1.29, 1.82) is 0 Å². The van der Waals surface area contributed by atoms with Crippen LogP contribution in [-0.4, -0.2) is 9.97 Å². The predicted molar refractivity (Wildman–Crippen MR) is 74.2 cm³/mol. The molecule has 7 heteroatoms. The van der Waals surface area contributed by atoms with E-state index in [2.05, 4.69) is 15.3 Å². The summed E-state index contributed by atoms with van der Waals surface area (Å²) in [7, 11) is 0. The molecule has 0 fully saturated rings. The number of hydrogen-bond donors (Lipinski definition) is 1. The Morgan fingerprint density at radius 2 is 1.55 bits per heavy atom. The molecule has 112 valence electrons. The summed E-state index contributed by atoms with van der Waals surface area (Å²) in [5, 5.41) is 3.21. The molecule has 2 aromatic carbocycles. The van der Waals surface area contributed by atoms with Gasteiger partial charge in [-0.3, -0.25) is 0 Å². The second-order valence-corrected chi connectivity index (χ2v) is 4.54. The molecule has 1 heterocycles. The van der Waals surface area contributed by atoms with Crippen LogP contribution in [0.1, 0.15) is 5.82 Å². The number of rotatable bonds is 2. The molecule has 1 N–H and O–H groups in total. The molecule has 22 heavy (non-hydrogen) atoms. The van der Waals surface area contributed by atoms with E-state index in [0.29, 0.717) is 11.1 Å². The summed E-state index contributed by atoms with van der Waals surface area (Å²) >= 11 is 0. The van der Waals surface area contributed by atoms with Crippen molar-refractivity contribution in [1.82, 2.24) is 9.97 Å². The zero-order chi connectivity index (χ0) is 15.7. The van der Waals surface area contributed by atoms with Gasteiger partial charge in [0.1, 0.15) is 11.6 Å². The molecule has 3 aromatic rings. The summed E-state index contributed by atoms with van der Waals surface area (Å²) in [4.78, 5) is 7.08. The fourth-order valence-corrected chi connectivity index (χ4v) is 1.97. The lowest BCUT2D eigenvalue weighted by Gasteiger charge is -2.12. The second kappa shape index (κ2) is 5.25. The van der Waals surface area contributed by atoms with Crippen LogP contribution in [0.5, 0.6) is 0 Å². The van der Waals surface area contributed by atoms with Crippen molar-refractivity contribution in [2.75, 3.05) is 5.32 Å². The van der Waals surface area contributed by atoms with Crippen LogP contribution in [0.4, 0.5) is 29.1 Å². The molecule has 0 aliphatic carbocycles. The Balaban J connectivity index is 2.12. The SMILES string of the molecule is Fc1ccc(Nc2nc(C(F)(F)F)nc3ccccc23)cc1. The van der Waals surface area contributed by atoms with Gasteiger partial charge in [-0.2, -0.15) is 13.2 Å². The Labute approximate surface area is 122 Å². The third kappa shape index (κ3) is 2.83. The van der Waals surface area contributed by atoms with E-state index in [1.165, 1.54) is 30.3 Å². The summed E-state index contributed by atoms with van der Waals surface area (Å²) in [5.74, 6) is -1.64. The number of aromatic nitrogens is 2. The van der Waals surface area contributed by atoms with Crippen LogP contribution in [0.2, 0.25) is 0 Å². The number of benzene rings is 2. The minimum absolute atomic E-state index is 0.0181. The van der Waals surface area contributed by atoms with E-state index >= 15 is 0 Å². The highest BCUT2D eigenvalue weighted by molar-refractivity contribution is 5.90. The highest BCUT2D eigenvalue weighted by Crippen LogP contribution is 2.31. The standard InChI is InChI=1S/C15H9F4N3/c16-9-5-7-10(8-6-9)20-13-11-3-1-2-4-12(11)21-14(22-13)15(17,18)19/h1-8H,(H,20,21,22). The molecule has 0 saturated carbocycles. The summed E-state index contributed by atoms with van der Waals surface area (Å²) in [6.07, 6.45) is -4.65. The van der Waals surface area contributed by atoms with Crippen LogP contribution in [0.15, 0.2) is 48.5 Å². The molecule has 0 amide bonds. The van der Waals surface area contributed by atoms with Gasteiger partial charge in [-0.1, -0.05) is 12.1 Å². The summed E-state index contributed by atoms with van der Waals surface area (Å²) < 4.78 is 51.6. The molecule has 0 aliphatic rings. The predicted octanol–water partition coefficient (Wildman–Crippen LogP) is 4.53. The number of hydrogen-bond acceptors (Lipinski definition) is 3. The molecule has 0 spiro atoms. The number of nitrogens with zero attached hydrogens (tertiary/aromatic N) is 2. The van der Waals surface area contributed by atoms with Crippen LogP contribution in [0, 0.1) is 5.82 Å². The zero-order valence-corrected chi connectivity index (χ0v) is 11.0. The van der Waals surface area contributed by atoms with Crippen molar-refractivity contribution in [2.45, 2.75) is 6.18 Å². The van der Waals surface area contributed by atoms with Crippen LogP contribution in [-0.2, 0) is 6.18 Å². The highest BCUT2D eigenvalue weighted by atomic mass is 19.4. The van der Waals surface area contributed by atoms with E-state index in [0.717, 1.165) is 0 Å². The number of para-hydroxylation sites is 1. The molecule has 1 aromatic heterocycles. The maximum Gasteiger partial charge on any atom is 0.451 e. The van der Waals surface area contributed by atoms with E-state index in [-0.39, 0.29) is 11.3 Å². The monoisotopic (exact) mass is 307 g/mol. The lowest BCUT2D eigenvalue weighted by Crippen LogP contribution is -2.12. The Bertz CT molecular complexity index is 813. The lowest BCUT2D eigenvalue weighted by molar-refractivity contribution is -0.144. The highest BCUT2D eigenvalue weighted by Gasteiger charge is 2.35. The van der Waals surface area contributed by atoms with Crippen molar-refractivity contribution < 1.29 is 17.6 Å². The van der Waals surface area contributed by atoms with Gasteiger partial charge in [0.15, 0.2) is 0 Å². The Morgan fingerprint density at radius 3 is 2.23 bits per heavy atom. The normalized spacial score (nSPS) is 11.6. The van der Waals surface area contributed by atoms with Crippen LogP contribution in [0.25, 0.3) is 10.9 Å². The van der Waals surface area contributed by atoms with Gasteiger partial charge >= 0.3 is 6.18 Å². The Kier molecular flexibility index (Phi) is 3.40. The van der Waals surface area contributed by atoms with Crippen LogP contribution < -0.4 is 5.32 Å². The third-order valence-corrected chi connectivity index (χ3v) is 2.96. The molecular weight excluding hydrogens is 298 g/mol. The van der Waals surface area contributed by atoms with E-state index in [1.54, 1.807) is 18.2 Å². The first kappa shape index (κ1) is 14.2. The van der Waals surface area contributed by atoms with Crippen molar-refractivity contribution in [3.8, 4) is 0 Å². The smallest absolute Gasteiger partial charge is 0.340 e. The zero-order valence-electron chi connectivity index (χ0n) is 11.0. The fourth-order valence-electron chi connectivity index (χ4n) is 1.97. The van der Waals surface area contributed by atoms with Crippen LogP contribution >= 0.6 is 0 Å². The van der Waals surface area contributed by atoms with E-state index in [9.17, 15) is 17.6 Å². The van der Waals surface area contributed by atoms with Gasteiger partial charge in [0.2, 0.25) is 5.82 Å². The molecule has 0 atom stereocenters. The number of alkyl halides is 3. The molecular formula is C15H9F4N3. The summed E-state index contributed by atoms with van der Waals surface area (Å²) in [5.41, 5.74) is 0.604. The third-order valence-electron chi connectivity index (χ3n) is 2.96. The molecule has 0 aliphatic heterocycles. The number of anilines is 2. The van der Waals surface area contributed by atoms with E-state index < -0.39 is 17.8 Å². The Morgan fingerprint density at radius 1 is 0.864 bits per heavy atom. The average Bonchev–Trinajstić information content (AvgIpc) is 2.48. The maximum atomic E-state index is 12.9. The van der Waals surface area contributed by atoms with Gasteiger partial charge < -0.3 is 5.32 Å². The van der Waals surface area contributed by atoms with Gasteiger partial charge in [-0.15, -0.1) is 0 Å². The van der Waals surface area contributed by atoms with Crippen LogP contribution in [0.3, 0.4) is 0 Å². The minimum atomic E-state index is -4.65. The number of halogens is 4. The van der Waals surface area contributed by atoms with E-state index in [1.807, 2.05) is 0 Å². The second-order valence-electron chi connectivity index (χ2n) is 4.54. The first-order valence-corrected chi connectivity index (χ1v) is 6.30. The molecule has 0 bridgehead atoms. The first-order valence-electron chi connectivity index (χ1n) is 6.30. The van der Waals surface area contributed by atoms with Gasteiger partial charge in [0.25, 0.3) is 0 Å². The average molecular weight is 307 g/mol. The number of nitrogens with one attached hydrogen (secondary N) is 1. The van der Waals surface area contributed by atoms with Crippen molar-refractivity contribution >= 4 is 22.4 Å². The molecule has 0 unspecified atom stereocenters. The van der Waals surface area contributed by atoms with Crippen molar-refractivity contribution in [2.24, 2.45) is 0 Å². The first-order chi connectivity index (χ1) is 10.4. The fraction of sp³-hybridized carbons (Fsp3) is 0.0667. The summed E-state index contributed by atoms with van der Waals surface area (Å²) in [6.45, 7) is 0. The largest absolute Gasteiger partial charge is 0.451 e. The molecule has 3 nitrogen and oxygen atoms in total. The van der Waals surface area contributed by atoms with Gasteiger partial charge in [0, 0.05) is 11.1 Å². The minimum Gasteiger partial charge on any atom is -0.340 e. The quantitative estimate of drug-likeness (QED) is 0.707. The van der Waals surface area contributed by atoms with Gasteiger partial charge in [-0.25, -0.2) is 14.4 Å². The van der Waals surface area contributed by atoms with Gasteiger partial charge in [0.05, 0.1) is 5.52 Å². The van der Waals surface area contributed by atoms with Crippen molar-refractivity contribution in [3.05, 3.63) is 60.2 Å². The topological polar surface area (TPSA) is 37.8 Å². The Hall–Kier alpha value is -2.70. The molecule has 0 saturated heterocycles. The number of fused-ring (bicyclic) bond motifs is 1. The molecule has 0 radical (unpaired) electrons. The van der Waals surface area contributed by atoms with Gasteiger partial charge in [-0.05, 0) is 36.4 Å². The summed E-state index contributed by atoms with van der Waals surface area (Å²) in [6, 6.07) is 11.6. The van der Waals surface area contributed by atoms with Crippen molar-refractivity contribution in [3.63, 3.8) is 0 Å². The maximum absolute atomic E-state index is 12.9. The molecule has 3 rings (SSSR count).